The molecule has 1 rings (SSSR count). The molecule has 126 valence electrons. The third-order valence-electron chi connectivity index (χ3n) is 2.69. The van der Waals surface area contributed by atoms with E-state index in [1.54, 1.807) is 0 Å². The Morgan fingerprint density at radius 3 is 2.62 bits per heavy atom. The van der Waals surface area contributed by atoms with Crippen molar-refractivity contribution in [2.24, 2.45) is 0 Å². The fraction of sp³-hybridized carbons (Fsp3) is 1.00. The number of hydroxylamine groups is 1. The highest BCUT2D eigenvalue weighted by Gasteiger charge is 2.39. The highest BCUT2D eigenvalue weighted by molar-refractivity contribution is 7.81. The van der Waals surface area contributed by atoms with Crippen molar-refractivity contribution in [2.75, 3.05) is 33.0 Å². The monoisotopic (exact) mass is 322 g/mol. The van der Waals surface area contributed by atoms with Gasteiger partial charge in [0.15, 0.2) is 12.5 Å². The second-order valence-corrected chi connectivity index (χ2v) is 7.26. The standard InChI is InChI=1S/C14H30N2O4S/c1-11(2)16-19-10-9-17-8-6-15-12-13(20-12)18-7-5-14(3,4)21/h11-13,15-16,21H,5-10H2,1-4H3. The van der Waals surface area contributed by atoms with Crippen LogP contribution in [0.4, 0.5) is 0 Å². The van der Waals surface area contributed by atoms with Crippen LogP contribution in [0.15, 0.2) is 0 Å². The lowest BCUT2D eigenvalue weighted by atomic mass is 10.1. The summed E-state index contributed by atoms with van der Waals surface area (Å²) in [7, 11) is 0. The first kappa shape index (κ1) is 19.2. The summed E-state index contributed by atoms with van der Waals surface area (Å²) in [6, 6.07) is 0.323. The van der Waals surface area contributed by atoms with Gasteiger partial charge in [0, 0.05) is 17.3 Å². The van der Waals surface area contributed by atoms with Crippen molar-refractivity contribution < 1.29 is 19.0 Å². The molecule has 1 aliphatic heterocycles. The van der Waals surface area contributed by atoms with Gasteiger partial charge in [0.2, 0.25) is 0 Å². The zero-order valence-electron chi connectivity index (χ0n) is 13.6. The smallest absolute Gasteiger partial charge is 0.199 e. The summed E-state index contributed by atoms with van der Waals surface area (Å²) in [5.41, 5.74) is 2.86. The molecule has 6 nitrogen and oxygen atoms in total. The Morgan fingerprint density at radius 1 is 1.19 bits per heavy atom. The molecule has 1 aliphatic rings. The van der Waals surface area contributed by atoms with Gasteiger partial charge in [0.25, 0.3) is 0 Å². The van der Waals surface area contributed by atoms with Crippen LogP contribution >= 0.6 is 12.6 Å². The summed E-state index contributed by atoms with van der Waals surface area (Å²) in [5, 5.41) is 3.22. The van der Waals surface area contributed by atoms with E-state index in [2.05, 4.69) is 37.3 Å². The van der Waals surface area contributed by atoms with Gasteiger partial charge in [-0.25, -0.2) is 0 Å². The maximum Gasteiger partial charge on any atom is 0.199 e. The van der Waals surface area contributed by atoms with Crippen LogP contribution in [0, 0.1) is 0 Å². The molecule has 0 radical (unpaired) electrons. The third-order valence-corrected chi connectivity index (χ3v) is 2.91. The van der Waals surface area contributed by atoms with Crippen molar-refractivity contribution in [2.45, 2.75) is 57.4 Å². The normalized spacial score (nSPS) is 22.0. The molecule has 1 heterocycles. The number of hydrogen-bond acceptors (Lipinski definition) is 7. The molecule has 21 heavy (non-hydrogen) atoms. The summed E-state index contributed by atoms with van der Waals surface area (Å²) in [5.74, 6) is 0. The van der Waals surface area contributed by atoms with Crippen LogP contribution in [0.2, 0.25) is 0 Å². The minimum Gasteiger partial charge on any atom is -0.378 e. The predicted octanol–water partition coefficient (Wildman–Crippen LogP) is 1.32. The lowest BCUT2D eigenvalue weighted by Crippen LogP contribution is -2.27. The molecule has 1 fully saturated rings. The Hall–Kier alpha value is 0.110. The molecule has 0 aromatic heterocycles. The molecule has 0 saturated carbocycles. The molecule has 7 heteroatoms. The summed E-state index contributed by atoms with van der Waals surface area (Å²) >= 11 is 4.45. The molecular weight excluding hydrogens is 292 g/mol. The second kappa shape index (κ2) is 9.99. The zero-order valence-corrected chi connectivity index (χ0v) is 14.4. The lowest BCUT2D eigenvalue weighted by Gasteiger charge is -2.16. The van der Waals surface area contributed by atoms with Crippen LogP contribution in [0.5, 0.6) is 0 Å². The molecule has 2 N–H and O–H groups in total. The second-order valence-electron chi connectivity index (χ2n) is 6.05. The van der Waals surface area contributed by atoms with Crippen LogP contribution in [-0.4, -0.2) is 56.3 Å². The average Bonchev–Trinajstić information content (AvgIpc) is 3.09. The highest BCUT2D eigenvalue weighted by Crippen LogP contribution is 2.23. The van der Waals surface area contributed by atoms with Crippen molar-refractivity contribution in [3.05, 3.63) is 0 Å². The van der Waals surface area contributed by atoms with E-state index in [0.29, 0.717) is 32.5 Å². The summed E-state index contributed by atoms with van der Waals surface area (Å²) in [4.78, 5) is 5.18. The number of rotatable bonds is 13. The fourth-order valence-corrected chi connectivity index (χ4v) is 1.59. The molecule has 0 aromatic carbocycles. The molecular formula is C14H30N2O4S. The number of hydrogen-bond donors (Lipinski definition) is 3. The van der Waals surface area contributed by atoms with Gasteiger partial charge in [0.1, 0.15) is 0 Å². The van der Waals surface area contributed by atoms with Crippen LogP contribution in [0.1, 0.15) is 34.1 Å². The summed E-state index contributed by atoms with van der Waals surface area (Å²) in [6.07, 6.45) is 0.769. The molecule has 0 bridgehead atoms. The molecule has 0 aromatic rings. The number of epoxide rings is 1. The average molecular weight is 322 g/mol. The Balaban J connectivity index is 1.81. The van der Waals surface area contributed by atoms with Crippen molar-refractivity contribution >= 4 is 12.6 Å². The zero-order chi connectivity index (χ0) is 15.7. The van der Waals surface area contributed by atoms with Gasteiger partial charge < -0.3 is 14.2 Å². The largest absolute Gasteiger partial charge is 0.378 e. The van der Waals surface area contributed by atoms with Crippen LogP contribution in [0.3, 0.4) is 0 Å². The SMILES string of the molecule is CC(C)NOCCOCCNC1OC1OCCC(C)(C)S. The minimum absolute atomic E-state index is 0.00183. The van der Waals surface area contributed by atoms with Crippen LogP contribution in [-0.2, 0) is 19.0 Å². The summed E-state index contributed by atoms with van der Waals surface area (Å²) < 4.78 is 16.3. The molecule has 2 atom stereocenters. The van der Waals surface area contributed by atoms with E-state index in [9.17, 15) is 0 Å². The third kappa shape index (κ3) is 11.3. The van der Waals surface area contributed by atoms with Gasteiger partial charge in [0.05, 0.1) is 26.4 Å². The van der Waals surface area contributed by atoms with Gasteiger partial charge >= 0.3 is 0 Å². The Bertz CT molecular complexity index is 274. The van der Waals surface area contributed by atoms with E-state index in [0.717, 1.165) is 13.0 Å². The maximum atomic E-state index is 5.57. The predicted molar refractivity (Wildman–Crippen MR) is 85.3 cm³/mol. The highest BCUT2D eigenvalue weighted by atomic mass is 32.1. The van der Waals surface area contributed by atoms with Gasteiger partial charge in [-0.1, -0.05) is 13.8 Å². The Kier molecular flexibility index (Phi) is 9.12. The summed E-state index contributed by atoms with van der Waals surface area (Å²) in [6.45, 7) is 11.3. The Labute approximate surface area is 133 Å². The van der Waals surface area contributed by atoms with E-state index < -0.39 is 0 Å². The van der Waals surface area contributed by atoms with Crippen molar-refractivity contribution in [1.29, 1.82) is 0 Å². The molecule has 0 aliphatic carbocycles. The van der Waals surface area contributed by atoms with Crippen LogP contribution < -0.4 is 10.8 Å². The van der Waals surface area contributed by atoms with E-state index in [1.807, 2.05) is 13.8 Å². The van der Waals surface area contributed by atoms with Gasteiger partial charge in [-0.3, -0.25) is 10.2 Å². The van der Waals surface area contributed by atoms with Crippen molar-refractivity contribution in [3.63, 3.8) is 0 Å². The fourth-order valence-electron chi connectivity index (χ4n) is 1.50. The molecule has 1 saturated heterocycles. The first-order chi connectivity index (χ1) is 9.88. The minimum atomic E-state index is -0.126. The first-order valence-electron chi connectivity index (χ1n) is 7.56. The van der Waals surface area contributed by atoms with E-state index in [-0.39, 0.29) is 17.3 Å². The molecule has 0 spiro atoms. The van der Waals surface area contributed by atoms with Crippen molar-refractivity contribution in [1.82, 2.24) is 10.8 Å². The Morgan fingerprint density at radius 2 is 1.95 bits per heavy atom. The van der Waals surface area contributed by atoms with E-state index in [1.165, 1.54) is 0 Å². The van der Waals surface area contributed by atoms with Gasteiger partial charge in [-0.2, -0.15) is 18.1 Å². The topological polar surface area (TPSA) is 64.3 Å². The number of thiol groups is 1. The van der Waals surface area contributed by atoms with Crippen molar-refractivity contribution in [3.8, 4) is 0 Å². The molecule has 2 unspecified atom stereocenters. The van der Waals surface area contributed by atoms with E-state index >= 15 is 0 Å². The van der Waals surface area contributed by atoms with E-state index in [4.69, 9.17) is 19.0 Å². The quantitative estimate of drug-likeness (QED) is 0.206. The maximum absolute atomic E-state index is 5.57. The van der Waals surface area contributed by atoms with Gasteiger partial charge in [-0.15, -0.1) is 0 Å². The molecule has 0 amide bonds. The number of ether oxygens (including phenoxy) is 3. The van der Waals surface area contributed by atoms with Gasteiger partial charge in [-0.05, 0) is 20.3 Å². The lowest BCUT2D eigenvalue weighted by molar-refractivity contribution is -0.0152. The number of nitrogens with one attached hydrogen (secondary N) is 2. The van der Waals surface area contributed by atoms with Crippen LogP contribution in [0.25, 0.3) is 0 Å². The first-order valence-corrected chi connectivity index (χ1v) is 8.01.